The van der Waals surface area contributed by atoms with Gasteiger partial charge < -0.3 is 15.7 Å². The molecule has 0 aromatic heterocycles. The number of unbranched alkanes of at least 4 members (excludes halogenated alkanes) is 1. The zero-order chi connectivity index (χ0) is 11.5. The Kier molecular flexibility index (Phi) is 3.38. The number of amides is 2. The van der Waals surface area contributed by atoms with Crippen molar-refractivity contribution in [3.8, 4) is 0 Å². The molecule has 2 atom stereocenters. The Bertz CT molecular complexity index is 343. The van der Waals surface area contributed by atoms with Gasteiger partial charge in [-0.25, -0.2) is 4.79 Å². The van der Waals surface area contributed by atoms with E-state index in [0.717, 1.165) is 17.1 Å². The molecule has 0 spiro atoms. The van der Waals surface area contributed by atoms with Gasteiger partial charge in [0.05, 0.1) is 12.1 Å². The molecule has 2 amide bonds. The van der Waals surface area contributed by atoms with Crippen molar-refractivity contribution in [3.63, 3.8) is 0 Å². The van der Waals surface area contributed by atoms with Crippen LogP contribution in [0.3, 0.4) is 0 Å². The molecule has 0 saturated carbocycles. The van der Waals surface area contributed by atoms with E-state index >= 15 is 0 Å². The van der Waals surface area contributed by atoms with Crippen molar-refractivity contribution in [1.29, 1.82) is 0 Å². The average molecular weight is 242 g/mol. The molecule has 0 radical (unpaired) electrons. The molecule has 2 heterocycles. The number of allylic oxidation sites excluding steroid dienone is 1. The van der Waals surface area contributed by atoms with E-state index in [2.05, 4.69) is 10.6 Å². The van der Waals surface area contributed by atoms with E-state index < -0.39 is 5.97 Å². The normalized spacial score (nSPS) is 30.0. The van der Waals surface area contributed by atoms with Crippen LogP contribution in [0.1, 0.15) is 19.3 Å². The van der Waals surface area contributed by atoms with Gasteiger partial charge in [-0.1, -0.05) is 6.08 Å². The van der Waals surface area contributed by atoms with Gasteiger partial charge >= 0.3 is 12.0 Å². The van der Waals surface area contributed by atoms with Gasteiger partial charge in [-0.05, 0) is 12.8 Å². The number of carboxylic acid groups (broad SMARTS) is 1. The van der Waals surface area contributed by atoms with Gasteiger partial charge in [-0.2, -0.15) is 0 Å². The summed E-state index contributed by atoms with van der Waals surface area (Å²) < 4.78 is 0. The summed E-state index contributed by atoms with van der Waals surface area (Å²) in [5, 5.41) is 14.2. The number of nitrogens with one attached hydrogen (secondary N) is 2. The maximum Gasteiger partial charge on any atom is 0.315 e. The summed E-state index contributed by atoms with van der Waals surface area (Å²) in [6.07, 6.45) is 3.66. The number of hydrogen-bond acceptors (Lipinski definition) is 3. The van der Waals surface area contributed by atoms with Gasteiger partial charge in [0.1, 0.15) is 0 Å². The first-order chi connectivity index (χ1) is 7.66. The molecule has 2 saturated heterocycles. The molecule has 2 unspecified atom stereocenters. The SMILES string of the molecule is O=C(O)CCCC=C1SCC2NC(=O)NC12. The monoisotopic (exact) mass is 242 g/mol. The molecule has 2 fully saturated rings. The Morgan fingerprint density at radius 3 is 3.12 bits per heavy atom. The van der Waals surface area contributed by atoms with Crippen LogP contribution in [0.2, 0.25) is 0 Å². The number of carboxylic acids is 1. The van der Waals surface area contributed by atoms with Crippen LogP contribution in [0.4, 0.5) is 4.79 Å². The van der Waals surface area contributed by atoms with E-state index in [0.29, 0.717) is 6.42 Å². The summed E-state index contributed by atoms with van der Waals surface area (Å²) in [6.45, 7) is 0. The lowest BCUT2D eigenvalue weighted by molar-refractivity contribution is -0.137. The van der Waals surface area contributed by atoms with Gasteiger partial charge in [0.2, 0.25) is 0 Å². The minimum Gasteiger partial charge on any atom is -0.481 e. The summed E-state index contributed by atoms with van der Waals surface area (Å²) in [5.41, 5.74) is 0. The molecule has 2 rings (SSSR count). The van der Waals surface area contributed by atoms with Crippen LogP contribution in [0.25, 0.3) is 0 Å². The first kappa shape index (κ1) is 11.3. The molecule has 5 nitrogen and oxygen atoms in total. The van der Waals surface area contributed by atoms with Crippen molar-refractivity contribution in [1.82, 2.24) is 10.6 Å². The zero-order valence-electron chi connectivity index (χ0n) is 8.73. The summed E-state index contributed by atoms with van der Waals surface area (Å²) >= 11 is 1.73. The fourth-order valence-corrected chi connectivity index (χ4v) is 3.19. The van der Waals surface area contributed by atoms with Crippen molar-refractivity contribution in [2.45, 2.75) is 31.3 Å². The number of carbonyl (C=O) groups excluding carboxylic acids is 1. The number of hydrogen-bond donors (Lipinski definition) is 3. The van der Waals surface area contributed by atoms with Gasteiger partial charge in [0, 0.05) is 17.1 Å². The predicted molar refractivity (Wildman–Crippen MR) is 61.3 cm³/mol. The molecule has 0 aromatic rings. The maximum atomic E-state index is 11.1. The number of fused-ring (bicyclic) bond motifs is 1. The zero-order valence-corrected chi connectivity index (χ0v) is 9.55. The standard InChI is InChI=1S/C10H14N2O3S/c13-8(14)4-2-1-3-7-9-6(5-16-7)11-10(15)12-9/h3,6,9H,1-2,4-5H2,(H,13,14)(H2,11,12,15). The van der Waals surface area contributed by atoms with Crippen LogP contribution >= 0.6 is 11.8 Å². The van der Waals surface area contributed by atoms with Crippen molar-refractivity contribution < 1.29 is 14.7 Å². The van der Waals surface area contributed by atoms with E-state index in [9.17, 15) is 9.59 Å². The Morgan fingerprint density at radius 1 is 1.56 bits per heavy atom. The lowest BCUT2D eigenvalue weighted by Crippen LogP contribution is -2.30. The fourth-order valence-electron chi connectivity index (χ4n) is 1.90. The minimum atomic E-state index is -0.758. The second-order valence-corrected chi connectivity index (χ2v) is 5.00. The molecular formula is C10H14N2O3S. The summed E-state index contributed by atoms with van der Waals surface area (Å²) in [6, 6.07) is 0.192. The molecule has 88 valence electrons. The number of rotatable bonds is 4. The molecule has 2 aliphatic heterocycles. The number of aliphatic carboxylic acids is 1. The Labute approximate surface area is 97.7 Å². The third-order valence-electron chi connectivity index (χ3n) is 2.68. The van der Waals surface area contributed by atoms with Gasteiger partial charge in [-0.15, -0.1) is 11.8 Å². The molecule has 16 heavy (non-hydrogen) atoms. The Balaban J connectivity index is 1.83. The Morgan fingerprint density at radius 2 is 2.38 bits per heavy atom. The summed E-state index contributed by atoms with van der Waals surface area (Å²) in [7, 11) is 0. The second-order valence-electron chi connectivity index (χ2n) is 3.91. The second kappa shape index (κ2) is 4.78. The average Bonchev–Trinajstić information content (AvgIpc) is 2.72. The van der Waals surface area contributed by atoms with Crippen LogP contribution in [0, 0.1) is 0 Å². The van der Waals surface area contributed by atoms with E-state index in [4.69, 9.17) is 5.11 Å². The number of carbonyl (C=O) groups is 2. The van der Waals surface area contributed by atoms with Crippen LogP contribution < -0.4 is 10.6 Å². The van der Waals surface area contributed by atoms with Crippen LogP contribution in [-0.2, 0) is 4.79 Å². The third-order valence-corrected chi connectivity index (χ3v) is 3.96. The van der Waals surface area contributed by atoms with Crippen molar-refractivity contribution in [2.75, 3.05) is 5.75 Å². The molecule has 3 N–H and O–H groups in total. The largest absolute Gasteiger partial charge is 0.481 e. The van der Waals surface area contributed by atoms with Crippen molar-refractivity contribution in [2.24, 2.45) is 0 Å². The predicted octanol–water partition coefficient (Wildman–Crippen LogP) is 0.922. The first-order valence-corrected chi connectivity index (χ1v) is 6.27. The van der Waals surface area contributed by atoms with Crippen molar-refractivity contribution in [3.05, 3.63) is 11.0 Å². The van der Waals surface area contributed by atoms with Crippen LogP contribution in [0.15, 0.2) is 11.0 Å². The smallest absolute Gasteiger partial charge is 0.315 e. The first-order valence-electron chi connectivity index (χ1n) is 5.28. The highest BCUT2D eigenvalue weighted by molar-refractivity contribution is 8.03. The fraction of sp³-hybridized carbons (Fsp3) is 0.600. The van der Waals surface area contributed by atoms with E-state index in [1.807, 2.05) is 6.08 Å². The summed E-state index contributed by atoms with van der Waals surface area (Å²) in [4.78, 5) is 22.6. The van der Waals surface area contributed by atoms with Crippen LogP contribution in [0.5, 0.6) is 0 Å². The third kappa shape index (κ3) is 2.49. The molecular weight excluding hydrogens is 228 g/mol. The van der Waals surface area contributed by atoms with Gasteiger partial charge in [0.25, 0.3) is 0 Å². The molecule has 0 bridgehead atoms. The molecule has 2 aliphatic rings. The highest BCUT2D eigenvalue weighted by atomic mass is 32.2. The lowest BCUT2D eigenvalue weighted by Gasteiger charge is -2.07. The van der Waals surface area contributed by atoms with E-state index in [1.54, 1.807) is 11.8 Å². The molecule has 0 aromatic carbocycles. The van der Waals surface area contributed by atoms with Crippen LogP contribution in [-0.4, -0.2) is 34.9 Å². The van der Waals surface area contributed by atoms with Crippen molar-refractivity contribution >= 4 is 23.8 Å². The Hall–Kier alpha value is -1.17. The highest BCUT2D eigenvalue weighted by Crippen LogP contribution is 2.33. The number of urea groups is 1. The summed E-state index contributed by atoms with van der Waals surface area (Å²) in [5.74, 6) is 0.139. The minimum absolute atomic E-state index is 0.0994. The number of thioether (sulfide) groups is 1. The maximum absolute atomic E-state index is 11.1. The molecule has 6 heteroatoms. The molecule has 0 aliphatic carbocycles. The van der Waals surface area contributed by atoms with E-state index in [1.165, 1.54) is 0 Å². The van der Waals surface area contributed by atoms with Gasteiger partial charge in [0.15, 0.2) is 0 Å². The van der Waals surface area contributed by atoms with E-state index in [-0.39, 0.29) is 24.5 Å². The highest BCUT2D eigenvalue weighted by Gasteiger charge is 2.39. The lowest BCUT2D eigenvalue weighted by atomic mass is 10.1. The topological polar surface area (TPSA) is 78.4 Å². The van der Waals surface area contributed by atoms with Gasteiger partial charge in [-0.3, -0.25) is 4.79 Å². The quantitative estimate of drug-likeness (QED) is 0.506.